The summed E-state index contributed by atoms with van der Waals surface area (Å²) in [6.45, 7) is 0. The zero-order valence-corrected chi connectivity index (χ0v) is 8.58. The van der Waals surface area contributed by atoms with Crippen molar-refractivity contribution in [1.29, 1.82) is 0 Å². The summed E-state index contributed by atoms with van der Waals surface area (Å²) >= 11 is 1.65. The van der Waals surface area contributed by atoms with Crippen LogP contribution in [0.3, 0.4) is 0 Å². The number of carbonyl (C=O) groups excluding carboxylic acids is 2. The van der Waals surface area contributed by atoms with E-state index in [0.29, 0.717) is 11.5 Å². The van der Waals surface area contributed by atoms with E-state index in [-0.39, 0.29) is 24.1 Å². The van der Waals surface area contributed by atoms with Gasteiger partial charge in [-0.3, -0.25) is 9.59 Å². The van der Waals surface area contributed by atoms with Gasteiger partial charge in [0.15, 0.2) is 0 Å². The highest BCUT2D eigenvalue weighted by molar-refractivity contribution is 7.99. The average Bonchev–Trinajstić information content (AvgIpc) is 2.89. The van der Waals surface area contributed by atoms with E-state index < -0.39 is 10.8 Å². The molecule has 4 aliphatic rings. The Labute approximate surface area is 90.0 Å². The lowest BCUT2D eigenvalue weighted by Gasteiger charge is -2.30. The summed E-state index contributed by atoms with van der Waals surface area (Å²) in [5.74, 6) is 0.523. The average molecular weight is 224 g/mol. The highest BCUT2D eigenvalue weighted by atomic mass is 32.2. The van der Waals surface area contributed by atoms with E-state index in [0.717, 1.165) is 0 Å². The maximum Gasteiger partial charge on any atom is 0.324 e. The molecule has 15 heavy (non-hydrogen) atoms. The fourth-order valence-electron chi connectivity index (χ4n) is 3.29. The minimum atomic E-state index is -0.714. The molecule has 0 aromatic carbocycles. The summed E-state index contributed by atoms with van der Waals surface area (Å²) in [5.41, 5.74) is -1.43. The highest BCUT2D eigenvalue weighted by Gasteiger charge is 2.82. The third kappa shape index (κ3) is 0.584. The fraction of sp³-hybridized carbons (Fsp3) is 0.600. The molecule has 0 aromatic heterocycles. The molecule has 0 amide bonds. The molecular formula is C10H8O4S. The molecule has 0 aromatic rings. The summed E-state index contributed by atoms with van der Waals surface area (Å²) in [7, 11) is 0. The predicted octanol–water partition coefficient (Wildman–Crippen LogP) is 0.127. The molecule has 0 spiro atoms. The van der Waals surface area contributed by atoms with Gasteiger partial charge < -0.3 is 9.47 Å². The number of carbonyl (C=O) groups is 2. The Morgan fingerprint density at radius 1 is 1.13 bits per heavy atom. The second kappa shape index (κ2) is 2.15. The van der Waals surface area contributed by atoms with Crippen LogP contribution in [0.15, 0.2) is 12.2 Å². The lowest BCUT2D eigenvalue weighted by molar-refractivity contribution is -0.159. The first-order valence-electron chi connectivity index (χ1n) is 4.90. The van der Waals surface area contributed by atoms with Gasteiger partial charge in [-0.1, -0.05) is 12.2 Å². The largest absolute Gasteiger partial charge is 0.392 e. The van der Waals surface area contributed by atoms with Gasteiger partial charge in [-0.15, -0.1) is 0 Å². The number of rotatable bonds is 0. The minimum absolute atomic E-state index is 0.253. The second-order valence-corrected chi connectivity index (χ2v) is 5.46. The number of hydrogen-bond donors (Lipinski definition) is 0. The Bertz CT molecular complexity index is 395. The van der Waals surface area contributed by atoms with Crippen LogP contribution in [0.4, 0.5) is 0 Å². The van der Waals surface area contributed by atoms with E-state index >= 15 is 0 Å². The van der Waals surface area contributed by atoms with Crippen molar-refractivity contribution in [3.8, 4) is 0 Å². The van der Waals surface area contributed by atoms with Gasteiger partial charge in [-0.25, -0.2) is 0 Å². The van der Waals surface area contributed by atoms with Gasteiger partial charge in [0.2, 0.25) is 0 Å². The number of esters is 2. The number of cyclic esters (lactones) is 2. The molecule has 3 saturated heterocycles. The lowest BCUT2D eigenvalue weighted by Crippen LogP contribution is -2.50. The second-order valence-electron chi connectivity index (χ2n) is 4.47. The molecule has 4 atom stereocenters. The van der Waals surface area contributed by atoms with Gasteiger partial charge in [-0.2, -0.15) is 11.8 Å². The monoisotopic (exact) mass is 224 g/mol. The minimum Gasteiger partial charge on any atom is -0.392 e. The van der Waals surface area contributed by atoms with Crippen LogP contribution in [0.1, 0.15) is 0 Å². The molecule has 4 rings (SSSR count). The molecule has 3 fully saturated rings. The van der Waals surface area contributed by atoms with Crippen molar-refractivity contribution >= 4 is 23.7 Å². The van der Waals surface area contributed by atoms with Crippen LogP contribution in [0.25, 0.3) is 0 Å². The first kappa shape index (κ1) is 8.35. The molecule has 4 aliphatic heterocycles. The van der Waals surface area contributed by atoms with Crippen molar-refractivity contribution in [2.45, 2.75) is 12.2 Å². The SMILES string of the molecule is O=C1OC(=O)[C@@]23CSC[C@]12[C@@H]1C=C[C@H]3O1. The zero-order valence-electron chi connectivity index (χ0n) is 7.76. The van der Waals surface area contributed by atoms with Gasteiger partial charge in [-0.05, 0) is 0 Å². The third-order valence-corrected chi connectivity index (χ3v) is 5.41. The molecule has 0 aliphatic carbocycles. The Kier molecular flexibility index (Phi) is 1.20. The molecule has 0 N–H and O–H groups in total. The van der Waals surface area contributed by atoms with Crippen LogP contribution in [0, 0.1) is 10.8 Å². The van der Waals surface area contributed by atoms with Crippen molar-refractivity contribution < 1.29 is 19.1 Å². The van der Waals surface area contributed by atoms with E-state index in [2.05, 4.69) is 0 Å². The standard InChI is InChI=1S/C10H8O4S/c11-7-9-3-15-4-10(9,8(12)14-7)6-2-1-5(9)13-6/h1-2,5-6H,3-4H2/t5-,6+,9-,10-/m0/s1. The fourth-order valence-corrected chi connectivity index (χ4v) is 5.12. The van der Waals surface area contributed by atoms with E-state index in [9.17, 15) is 9.59 Å². The third-order valence-electron chi connectivity index (χ3n) is 4.09. The van der Waals surface area contributed by atoms with Crippen LogP contribution < -0.4 is 0 Å². The molecule has 0 unspecified atom stereocenters. The number of thioether (sulfide) groups is 1. The van der Waals surface area contributed by atoms with Gasteiger partial charge in [0.1, 0.15) is 10.8 Å². The summed E-state index contributed by atoms with van der Waals surface area (Å²) in [6, 6.07) is 0. The maximum absolute atomic E-state index is 11.9. The van der Waals surface area contributed by atoms with Crippen LogP contribution in [0.5, 0.6) is 0 Å². The molecule has 5 heteroatoms. The van der Waals surface area contributed by atoms with Crippen molar-refractivity contribution in [1.82, 2.24) is 0 Å². The van der Waals surface area contributed by atoms with Gasteiger partial charge in [0.25, 0.3) is 0 Å². The van der Waals surface area contributed by atoms with Crippen molar-refractivity contribution in [2.75, 3.05) is 11.5 Å². The molecule has 0 radical (unpaired) electrons. The summed E-state index contributed by atoms with van der Waals surface area (Å²) in [6.07, 6.45) is 3.29. The van der Waals surface area contributed by atoms with E-state index in [1.807, 2.05) is 12.2 Å². The highest BCUT2D eigenvalue weighted by Crippen LogP contribution is 2.67. The zero-order chi connectivity index (χ0) is 10.3. The van der Waals surface area contributed by atoms with Crippen molar-refractivity contribution in [3.05, 3.63) is 12.2 Å². The smallest absolute Gasteiger partial charge is 0.324 e. The number of ether oxygens (including phenoxy) is 2. The Morgan fingerprint density at radius 3 is 2.20 bits per heavy atom. The predicted molar refractivity (Wildman–Crippen MR) is 51.1 cm³/mol. The normalized spacial score (nSPS) is 54.7. The molecule has 0 saturated carbocycles. The Hall–Kier alpha value is -0.810. The number of fused-ring (bicyclic) bond motifs is 2. The van der Waals surface area contributed by atoms with Gasteiger partial charge >= 0.3 is 11.9 Å². The van der Waals surface area contributed by atoms with Crippen LogP contribution in [-0.2, 0) is 19.1 Å². The first-order valence-corrected chi connectivity index (χ1v) is 6.05. The Morgan fingerprint density at radius 2 is 1.67 bits per heavy atom. The maximum atomic E-state index is 11.9. The lowest BCUT2D eigenvalue weighted by atomic mass is 9.61. The van der Waals surface area contributed by atoms with Gasteiger partial charge in [0.05, 0.1) is 12.2 Å². The van der Waals surface area contributed by atoms with Crippen LogP contribution in [-0.4, -0.2) is 35.7 Å². The summed E-state index contributed by atoms with van der Waals surface area (Å²) < 4.78 is 10.5. The van der Waals surface area contributed by atoms with Crippen molar-refractivity contribution in [3.63, 3.8) is 0 Å². The van der Waals surface area contributed by atoms with Gasteiger partial charge in [0, 0.05) is 11.5 Å². The van der Waals surface area contributed by atoms with E-state index in [1.54, 1.807) is 11.8 Å². The molecule has 2 bridgehead atoms. The summed E-state index contributed by atoms with van der Waals surface area (Å²) in [5, 5.41) is 0. The molecule has 4 heterocycles. The molecular weight excluding hydrogens is 216 g/mol. The Balaban J connectivity index is 2.05. The van der Waals surface area contributed by atoms with E-state index in [1.165, 1.54) is 0 Å². The van der Waals surface area contributed by atoms with E-state index in [4.69, 9.17) is 9.47 Å². The quantitative estimate of drug-likeness (QED) is 0.332. The van der Waals surface area contributed by atoms with Crippen LogP contribution >= 0.6 is 11.8 Å². The first-order chi connectivity index (χ1) is 7.22. The number of hydrogen-bond acceptors (Lipinski definition) is 5. The summed E-state index contributed by atoms with van der Waals surface area (Å²) in [4.78, 5) is 23.8. The topological polar surface area (TPSA) is 52.6 Å². The molecule has 78 valence electrons. The van der Waals surface area contributed by atoms with Crippen LogP contribution in [0.2, 0.25) is 0 Å². The molecule has 4 nitrogen and oxygen atoms in total. The van der Waals surface area contributed by atoms with Crippen molar-refractivity contribution in [2.24, 2.45) is 10.8 Å².